The summed E-state index contributed by atoms with van der Waals surface area (Å²) in [6, 6.07) is 6.58. The number of aliphatic hydroxyl groups is 1. The van der Waals surface area contributed by atoms with Crippen LogP contribution in [0.2, 0.25) is 0 Å². The van der Waals surface area contributed by atoms with Gasteiger partial charge in [-0.1, -0.05) is 20.8 Å². The first-order valence-electron chi connectivity index (χ1n) is 8.04. The Morgan fingerprint density at radius 1 is 1.26 bits per heavy atom. The van der Waals surface area contributed by atoms with Crippen LogP contribution in [0.1, 0.15) is 45.6 Å². The number of amides is 1. The molecule has 0 saturated heterocycles. The van der Waals surface area contributed by atoms with Gasteiger partial charge in [0.25, 0.3) is 0 Å². The number of fused-ring (bicyclic) bond motifs is 2. The fourth-order valence-electron chi connectivity index (χ4n) is 4.46. The number of hydrogen-bond acceptors (Lipinski definition) is 4. The van der Waals surface area contributed by atoms with E-state index in [1.165, 1.54) is 0 Å². The molecule has 3 unspecified atom stereocenters. The van der Waals surface area contributed by atoms with Crippen LogP contribution in [0.4, 0.5) is 0 Å². The van der Waals surface area contributed by atoms with Crippen molar-refractivity contribution in [2.24, 2.45) is 21.3 Å². The van der Waals surface area contributed by atoms with Crippen molar-refractivity contribution in [1.82, 2.24) is 5.43 Å². The minimum absolute atomic E-state index is 0.113. The van der Waals surface area contributed by atoms with Crippen molar-refractivity contribution in [3.05, 3.63) is 29.8 Å². The molecular formula is C18H24N2O3. The number of carbonyl (C=O) groups is 1. The van der Waals surface area contributed by atoms with Gasteiger partial charge in [0.15, 0.2) is 0 Å². The van der Waals surface area contributed by atoms with Crippen LogP contribution in [-0.2, 0) is 4.79 Å². The maximum absolute atomic E-state index is 12.8. The Bertz CT molecular complexity index is 653. The highest BCUT2D eigenvalue weighted by Gasteiger charge is 2.72. The average Bonchev–Trinajstić information content (AvgIpc) is 2.79. The monoisotopic (exact) mass is 316 g/mol. The number of rotatable bonds is 3. The summed E-state index contributed by atoms with van der Waals surface area (Å²) in [5.74, 6) is 0.0785. The van der Waals surface area contributed by atoms with Crippen molar-refractivity contribution in [2.45, 2.75) is 46.1 Å². The molecule has 2 aliphatic carbocycles. The van der Waals surface area contributed by atoms with E-state index in [4.69, 9.17) is 0 Å². The summed E-state index contributed by atoms with van der Waals surface area (Å²) in [4.78, 5) is 12.8. The molecule has 3 rings (SSSR count). The number of phenolic OH excluding ortho intramolecular Hbond substituents is 1. The largest absolute Gasteiger partial charge is 0.508 e. The van der Waals surface area contributed by atoms with Gasteiger partial charge in [-0.3, -0.25) is 4.79 Å². The third-order valence-corrected chi connectivity index (χ3v) is 6.68. The maximum Gasteiger partial charge on any atom is 0.246 e. The number of aromatic hydroxyl groups is 1. The number of hydrogen-bond donors (Lipinski definition) is 3. The third kappa shape index (κ3) is 2.10. The van der Waals surface area contributed by atoms with Crippen LogP contribution in [0.25, 0.3) is 0 Å². The number of nitrogens with one attached hydrogen (secondary N) is 1. The first-order chi connectivity index (χ1) is 10.7. The Labute approximate surface area is 136 Å². The van der Waals surface area contributed by atoms with E-state index in [9.17, 15) is 15.0 Å². The lowest BCUT2D eigenvalue weighted by Crippen LogP contribution is -2.45. The second-order valence-electron chi connectivity index (χ2n) is 7.64. The van der Waals surface area contributed by atoms with Gasteiger partial charge in [-0.25, -0.2) is 5.43 Å². The summed E-state index contributed by atoms with van der Waals surface area (Å²) in [5.41, 5.74) is 2.40. The van der Waals surface area contributed by atoms with Gasteiger partial charge in [-0.05, 0) is 59.9 Å². The third-order valence-electron chi connectivity index (χ3n) is 6.68. The zero-order chi connectivity index (χ0) is 16.9. The van der Waals surface area contributed by atoms with Crippen molar-refractivity contribution < 1.29 is 15.0 Å². The second-order valence-corrected chi connectivity index (χ2v) is 7.64. The molecule has 1 amide bonds. The van der Waals surface area contributed by atoms with Crippen LogP contribution < -0.4 is 5.43 Å². The molecule has 23 heavy (non-hydrogen) atoms. The molecule has 1 aromatic rings. The molecule has 0 radical (unpaired) electrons. The lowest BCUT2D eigenvalue weighted by atomic mass is 9.64. The van der Waals surface area contributed by atoms with E-state index in [0.717, 1.165) is 18.4 Å². The van der Waals surface area contributed by atoms with Gasteiger partial charge < -0.3 is 10.2 Å². The molecule has 1 aromatic carbocycles. The molecule has 2 fully saturated rings. The van der Waals surface area contributed by atoms with Gasteiger partial charge in [0.2, 0.25) is 5.91 Å². The van der Waals surface area contributed by atoms with Crippen molar-refractivity contribution in [1.29, 1.82) is 0 Å². The SMILES string of the molecule is CC12CCC(C(=O)N/N=C/c3ccc(O)cc3)(CC1O)C2(C)C. The highest BCUT2D eigenvalue weighted by Crippen LogP contribution is 2.72. The van der Waals surface area contributed by atoms with E-state index in [1.54, 1.807) is 30.5 Å². The normalized spacial score (nSPS) is 34.9. The zero-order valence-corrected chi connectivity index (χ0v) is 13.8. The standard InChI is InChI=1S/C18H24N2O3/c1-16(2)17(3)8-9-18(16,10-14(17)22)15(23)20-19-11-12-4-6-13(21)7-5-12/h4-7,11,14,21-22H,8-10H2,1-3H3,(H,20,23)/b19-11+. The maximum atomic E-state index is 12.8. The summed E-state index contributed by atoms with van der Waals surface area (Å²) in [5, 5.41) is 23.7. The van der Waals surface area contributed by atoms with Crippen LogP contribution in [0.3, 0.4) is 0 Å². The highest BCUT2D eigenvalue weighted by atomic mass is 16.3. The predicted molar refractivity (Wildman–Crippen MR) is 88.0 cm³/mol. The molecule has 3 N–H and O–H groups in total. The van der Waals surface area contributed by atoms with E-state index >= 15 is 0 Å². The van der Waals surface area contributed by atoms with Crippen molar-refractivity contribution >= 4 is 12.1 Å². The van der Waals surface area contributed by atoms with Crippen molar-refractivity contribution in [2.75, 3.05) is 0 Å². The Hall–Kier alpha value is -1.88. The molecule has 124 valence electrons. The molecule has 0 aliphatic heterocycles. The number of benzene rings is 1. The van der Waals surface area contributed by atoms with E-state index in [2.05, 4.69) is 31.3 Å². The number of carbonyl (C=O) groups excluding carboxylic acids is 1. The van der Waals surface area contributed by atoms with Gasteiger partial charge in [0.05, 0.1) is 17.7 Å². The first-order valence-corrected chi connectivity index (χ1v) is 8.04. The molecule has 0 aromatic heterocycles. The summed E-state index contributed by atoms with van der Waals surface area (Å²) in [6.45, 7) is 6.25. The Morgan fingerprint density at radius 3 is 2.43 bits per heavy atom. The number of aliphatic hydroxyl groups excluding tert-OH is 1. The molecule has 2 aliphatic rings. The van der Waals surface area contributed by atoms with Crippen molar-refractivity contribution in [3.8, 4) is 5.75 Å². The topological polar surface area (TPSA) is 81.9 Å². The van der Waals surface area contributed by atoms with Crippen LogP contribution >= 0.6 is 0 Å². The minimum Gasteiger partial charge on any atom is -0.508 e. The quantitative estimate of drug-likeness (QED) is 0.591. The highest BCUT2D eigenvalue weighted by molar-refractivity contribution is 5.87. The smallest absolute Gasteiger partial charge is 0.246 e. The summed E-state index contributed by atoms with van der Waals surface area (Å²) < 4.78 is 0. The lowest BCUT2D eigenvalue weighted by Gasteiger charge is -2.39. The van der Waals surface area contributed by atoms with Gasteiger partial charge >= 0.3 is 0 Å². The Balaban J connectivity index is 1.75. The van der Waals surface area contributed by atoms with Crippen LogP contribution in [-0.4, -0.2) is 28.4 Å². The predicted octanol–water partition coefficient (Wildman–Crippen LogP) is 2.42. The second kappa shape index (κ2) is 5.06. The minimum atomic E-state index is -0.562. The summed E-state index contributed by atoms with van der Waals surface area (Å²) >= 11 is 0. The average molecular weight is 316 g/mol. The van der Waals surface area contributed by atoms with E-state index in [0.29, 0.717) is 6.42 Å². The molecule has 5 nitrogen and oxygen atoms in total. The molecule has 0 spiro atoms. The summed E-state index contributed by atoms with van der Waals surface area (Å²) in [7, 11) is 0. The van der Waals surface area contributed by atoms with Crippen LogP contribution in [0.5, 0.6) is 5.75 Å². The molecule has 5 heteroatoms. The van der Waals surface area contributed by atoms with Gasteiger partial charge in [-0.2, -0.15) is 5.10 Å². The van der Waals surface area contributed by atoms with E-state index < -0.39 is 11.5 Å². The molecule has 0 heterocycles. The Morgan fingerprint density at radius 2 is 1.91 bits per heavy atom. The number of hydrazone groups is 1. The van der Waals surface area contributed by atoms with E-state index in [-0.39, 0.29) is 22.5 Å². The van der Waals surface area contributed by atoms with Gasteiger partial charge in [0, 0.05) is 0 Å². The van der Waals surface area contributed by atoms with Gasteiger partial charge in [-0.15, -0.1) is 0 Å². The number of phenols is 1. The first kappa shape index (κ1) is 16.0. The van der Waals surface area contributed by atoms with Crippen molar-refractivity contribution in [3.63, 3.8) is 0 Å². The Kier molecular flexibility index (Phi) is 3.52. The van der Waals surface area contributed by atoms with Crippen LogP contribution in [0, 0.1) is 16.2 Å². The molecule has 2 saturated carbocycles. The van der Waals surface area contributed by atoms with E-state index in [1.807, 2.05) is 0 Å². The lowest BCUT2D eigenvalue weighted by molar-refractivity contribution is -0.136. The molecular weight excluding hydrogens is 292 g/mol. The summed E-state index contributed by atoms with van der Waals surface area (Å²) in [6.07, 6.45) is 3.25. The zero-order valence-electron chi connectivity index (χ0n) is 13.8. The fourth-order valence-corrected chi connectivity index (χ4v) is 4.46. The molecule has 2 bridgehead atoms. The van der Waals surface area contributed by atoms with Crippen LogP contribution in [0.15, 0.2) is 29.4 Å². The van der Waals surface area contributed by atoms with Gasteiger partial charge in [0.1, 0.15) is 5.75 Å². The fraction of sp³-hybridized carbons (Fsp3) is 0.556. The molecule has 3 atom stereocenters. The number of nitrogens with zero attached hydrogens (tertiary/aromatic N) is 1.